The van der Waals surface area contributed by atoms with Gasteiger partial charge in [0.2, 0.25) is 0 Å². The number of aliphatic hydroxyl groups excluding tert-OH is 2. The van der Waals surface area contributed by atoms with E-state index in [2.05, 4.69) is 26.0 Å². The van der Waals surface area contributed by atoms with Gasteiger partial charge in [-0.3, -0.25) is 4.79 Å². The second-order valence-electron chi connectivity index (χ2n) is 13.3. The number of carbonyl (C=O) groups is 1. The molecule has 6 aliphatic carbocycles. The van der Waals surface area contributed by atoms with E-state index in [0.29, 0.717) is 29.6 Å². The molecule has 0 aliphatic heterocycles. The molecule has 0 amide bonds. The summed E-state index contributed by atoms with van der Waals surface area (Å²) >= 11 is 0. The van der Waals surface area contributed by atoms with E-state index in [9.17, 15) is 15.0 Å². The summed E-state index contributed by atoms with van der Waals surface area (Å²) in [7, 11) is 0. The van der Waals surface area contributed by atoms with Crippen LogP contribution in [0.5, 0.6) is 0 Å². The lowest BCUT2D eigenvalue weighted by atomic mass is 9.48. The number of carboxylic acid groups (broad SMARTS) is 1. The molecule has 0 spiro atoms. The third-order valence-corrected chi connectivity index (χ3v) is 11.0. The van der Waals surface area contributed by atoms with Crippen LogP contribution in [0.2, 0.25) is 0 Å². The van der Waals surface area contributed by atoms with Crippen molar-refractivity contribution in [1.29, 1.82) is 0 Å². The molecule has 4 heteroatoms. The van der Waals surface area contributed by atoms with Crippen LogP contribution in [0.4, 0.5) is 0 Å². The van der Waals surface area contributed by atoms with E-state index in [1.54, 1.807) is 0 Å². The Morgan fingerprint density at radius 2 is 1.58 bits per heavy atom. The van der Waals surface area contributed by atoms with Gasteiger partial charge in [-0.05, 0) is 118 Å². The maximum atomic E-state index is 11.4. The van der Waals surface area contributed by atoms with E-state index >= 15 is 0 Å². The smallest absolute Gasteiger partial charge is 0.303 e. The molecule has 6 aliphatic rings. The lowest BCUT2D eigenvalue weighted by molar-refractivity contribution is -0.137. The highest BCUT2D eigenvalue weighted by Gasteiger charge is 2.53. The van der Waals surface area contributed by atoms with Gasteiger partial charge < -0.3 is 15.3 Å². The van der Waals surface area contributed by atoms with Crippen LogP contribution in [-0.4, -0.2) is 33.5 Å². The van der Waals surface area contributed by atoms with Gasteiger partial charge in [0.05, 0.1) is 12.2 Å². The highest BCUT2D eigenvalue weighted by Crippen LogP contribution is 2.61. The van der Waals surface area contributed by atoms with E-state index in [-0.39, 0.29) is 30.0 Å². The zero-order valence-corrected chi connectivity index (χ0v) is 20.7. The standard InChI is InChI=1S/C29H46O4/c1-17-8-22(4-3-5-28(32)33)24(17)13-25-18(2)9-26(30)23(25)6-7-27(31)29-14-19-10-20(15-29)12-21(11-19)16-29/h6-7,17-27,30-31H,3-5,8-16H2,1-2H3,(H,32,33)/b7-6+/t17?,18-,19?,20?,21?,22?,23?,24?,25-,26+,27?,29?/m0/s1. The van der Waals surface area contributed by atoms with Gasteiger partial charge in [-0.25, -0.2) is 0 Å². The van der Waals surface area contributed by atoms with Crippen LogP contribution in [-0.2, 0) is 4.79 Å². The van der Waals surface area contributed by atoms with Gasteiger partial charge >= 0.3 is 5.97 Å². The molecule has 4 nitrogen and oxygen atoms in total. The third kappa shape index (κ3) is 4.68. The molecule has 186 valence electrons. The van der Waals surface area contributed by atoms with Crippen molar-refractivity contribution in [3.8, 4) is 0 Å². The van der Waals surface area contributed by atoms with Crippen molar-refractivity contribution in [2.24, 2.45) is 58.7 Å². The van der Waals surface area contributed by atoms with Crippen molar-refractivity contribution >= 4 is 5.97 Å². The molecule has 5 unspecified atom stereocenters. The van der Waals surface area contributed by atoms with Gasteiger partial charge in [0, 0.05) is 17.8 Å². The van der Waals surface area contributed by atoms with E-state index in [4.69, 9.17) is 5.11 Å². The van der Waals surface area contributed by atoms with Gasteiger partial charge in [0.25, 0.3) is 0 Å². The Labute approximate surface area is 200 Å². The Morgan fingerprint density at radius 1 is 0.970 bits per heavy atom. The molecule has 6 saturated carbocycles. The van der Waals surface area contributed by atoms with Crippen LogP contribution in [0.3, 0.4) is 0 Å². The summed E-state index contributed by atoms with van der Waals surface area (Å²) < 4.78 is 0. The second kappa shape index (κ2) is 9.30. The predicted molar refractivity (Wildman–Crippen MR) is 129 cm³/mol. The summed E-state index contributed by atoms with van der Waals surface area (Å²) in [5.41, 5.74) is 0.105. The summed E-state index contributed by atoms with van der Waals surface area (Å²) in [6.07, 6.45) is 16.7. The molecule has 0 heterocycles. The fourth-order valence-electron chi connectivity index (χ4n) is 9.70. The van der Waals surface area contributed by atoms with E-state index in [0.717, 1.165) is 43.4 Å². The lowest BCUT2D eigenvalue weighted by Gasteiger charge is -2.58. The fourth-order valence-corrected chi connectivity index (χ4v) is 9.70. The molecular weight excluding hydrogens is 412 g/mol. The average Bonchev–Trinajstić information content (AvgIpc) is 3.00. The predicted octanol–water partition coefficient (Wildman–Crippen LogP) is 5.67. The van der Waals surface area contributed by atoms with Gasteiger partial charge in [-0.15, -0.1) is 0 Å². The normalized spacial score (nSPS) is 49.5. The molecule has 33 heavy (non-hydrogen) atoms. The summed E-state index contributed by atoms with van der Waals surface area (Å²) in [4.78, 5) is 10.9. The molecule has 6 fully saturated rings. The minimum absolute atomic E-state index is 0.105. The molecule has 3 N–H and O–H groups in total. The number of hydrogen-bond donors (Lipinski definition) is 3. The number of carboxylic acids is 1. The molecule has 0 aromatic rings. The summed E-state index contributed by atoms with van der Waals surface area (Å²) in [6, 6.07) is 0. The largest absolute Gasteiger partial charge is 0.481 e. The molecule has 6 rings (SSSR count). The van der Waals surface area contributed by atoms with Crippen LogP contribution < -0.4 is 0 Å². The third-order valence-electron chi connectivity index (χ3n) is 11.0. The molecule has 0 aromatic carbocycles. The molecular formula is C29H46O4. The maximum absolute atomic E-state index is 11.4. The van der Waals surface area contributed by atoms with Crippen molar-refractivity contribution in [1.82, 2.24) is 0 Å². The van der Waals surface area contributed by atoms with Gasteiger partial charge in [0.15, 0.2) is 0 Å². The van der Waals surface area contributed by atoms with Gasteiger partial charge in [-0.1, -0.05) is 26.0 Å². The topological polar surface area (TPSA) is 77.8 Å². The first-order chi connectivity index (χ1) is 15.7. The van der Waals surface area contributed by atoms with Crippen LogP contribution in [0.15, 0.2) is 12.2 Å². The van der Waals surface area contributed by atoms with Gasteiger partial charge in [-0.2, -0.15) is 0 Å². The molecule has 8 atom stereocenters. The Morgan fingerprint density at radius 3 is 2.15 bits per heavy atom. The first kappa shape index (κ1) is 23.9. The minimum atomic E-state index is -0.686. The fraction of sp³-hybridized carbons (Fsp3) is 0.897. The van der Waals surface area contributed by atoms with Gasteiger partial charge in [0.1, 0.15) is 0 Å². The summed E-state index contributed by atoms with van der Waals surface area (Å²) in [5, 5.41) is 31.3. The minimum Gasteiger partial charge on any atom is -0.481 e. The first-order valence-corrected chi connectivity index (χ1v) is 14.0. The monoisotopic (exact) mass is 458 g/mol. The highest BCUT2D eigenvalue weighted by atomic mass is 16.4. The first-order valence-electron chi connectivity index (χ1n) is 14.0. The van der Waals surface area contributed by atoms with Crippen LogP contribution in [0, 0.1) is 58.7 Å². The number of aliphatic hydroxyl groups is 2. The number of rotatable bonds is 9. The quantitative estimate of drug-likeness (QED) is 0.389. The van der Waals surface area contributed by atoms with Crippen molar-refractivity contribution in [2.45, 2.75) is 103 Å². The van der Waals surface area contributed by atoms with Crippen LogP contribution in [0.25, 0.3) is 0 Å². The highest BCUT2D eigenvalue weighted by molar-refractivity contribution is 5.66. The van der Waals surface area contributed by atoms with Crippen LogP contribution >= 0.6 is 0 Å². The Hall–Kier alpha value is -0.870. The summed E-state index contributed by atoms with van der Waals surface area (Å²) in [6.45, 7) is 4.63. The molecule has 0 aromatic heterocycles. The molecule has 4 bridgehead atoms. The average molecular weight is 459 g/mol. The van der Waals surface area contributed by atoms with Crippen molar-refractivity contribution < 1.29 is 20.1 Å². The second-order valence-corrected chi connectivity index (χ2v) is 13.3. The SMILES string of the molecule is CC1CC(CCCC(=O)O)C1C[C@@H]1C(/C=C/C(O)C23CC4CC(CC(C4)C2)C3)[C@H](O)C[C@@H]1C. The van der Waals surface area contributed by atoms with E-state index in [1.165, 1.54) is 44.9 Å². The number of aliphatic carboxylic acids is 1. The Balaban J connectivity index is 1.22. The van der Waals surface area contributed by atoms with Crippen molar-refractivity contribution in [3.05, 3.63) is 12.2 Å². The van der Waals surface area contributed by atoms with Crippen molar-refractivity contribution in [2.75, 3.05) is 0 Å². The van der Waals surface area contributed by atoms with Crippen molar-refractivity contribution in [3.63, 3.8) is 0 Å². The summed E-state index contributed by atoms with van der Waals surface area (Å²) in [5.74, 6) is 4.93. The maximum Gasteiger partial charge on any atom is 0.303 e. The lowest BCUT2D eigenvalue weighted by Crippen LogP contribution is -2.51. The molecule has 0 radical (unpaired) electrons. The Bertz CT molecular complexity index is 709. The van der Waals surface area contributed by atoms with E-state index < -0.39 is 5.97 Å². The zero-order valence-electron chi connectivity index (χ0n) is 20.7. The Kier molecular flexibility index (Phi) is 6.72. The van der Waals surface area contributed by atoms with Crippen LogP contribution in [0.1, 0.15) is 90.9 Å². The number of hydrogen-bond acceptors (Lipinski definition) is 3. The molecule has 0 saturated heterocycles. The van der Waals surface area contributed by atoms with E-state index in [1.807, 2.05) is 0 Å². The zero-order chi connectivity index (χ0) is 23.3.